The van der Waals surface area contributed by atoms with Gasteiger partial charge in [0.1, 0.15) is 23.1 Å². The molecule has 0 aliphatic carbocycles. The quantitative estimate of drug-likeness (QED) is 0.468. The summed E-state index contributed by atoms with van der Waals surface area (Å²) in [5.41, 5.74) is 3.29. The number of rotatable bonds is 5. The maximum atomic E-state index is 9.49. The molecule has 32 heavy (non-hydrogen) atoms. The molecule has 9 heteroatoms. The first-order chi connectivity index (χ1) is 15.8. The van der Waals surface area contributed by atoms with Crippen molar-refractivity contribution in [1.82, 2.24) is 15.4 Å². The molecule has 0 radical (unpaired) electrons. The molecule has 0 amide bonds. The van der Waals surface area contributed by atoms with E-state index in [1.807, 2.05) is 54.6 Å². The van der Waals surface area contributed by atoms with Gasteiger partial charge in [-0.05, 0) is 12.1 Å². The minimum atomic E-state index is 0.00804. The molecule has 0 N–H and O–H groups in total. The third kappa shape index (κ3) is 3.57. The average Bonchev–Trinajstić information content (AvgIpc) is 3.51. The van der Waals surface area contributed by atoms with E-state index >= 15 is 0 Å². The molecule has 1 fully saturated rings. The smallest absolute Gasteiger partial charge is 0.255 e. The molecule has 0 unspecified atom stereocenters. The number of morpholine rings is 1. The van der Waals surface area contributed by atoms with E-state index in [0.717, 1.165) is 24.3 Å². The number of nitriles is 1. The molecule has 4 aromatic rings. The Morgan fingerprint density at radius 2 is 1.81 bits per heavy atom. The third-order valence-electron chi connectivity index (χ3n) is 5.27. The van der Waals surface area contributed by atoms with E-state index in [2.05, 4.69) is 20.3 Å². The molecule has 5 rings (SSSR count). The van der Waals surface area contributed by atoms with Crippen LogP contribution < -0.4 is 9.64 Å². The molecule has 1 aliphatic rings. The highest BCUT2D eigenvalue weighted by Crippen LogP contribution is 2.37. The summed E-state index contributed by atoms with van der Waals surface area (Å²) in [6, 6.07) is 17.2. The summed E-state index contributed by atoms with van der Waals surface area (Å²) in [5.74, 6) is 1.04. The molecule has 0 atom stereocenters. The van der Waals surface area contributed by atoms with Gasteiger partial charge in [-0.3, -0.25) is 0 Å². The first-order valence-electron chi connectivity index (χ1n) is 10.1. The molecule has 160 valence electrons. The number of anilines is 1. The van der Waals surface area contributed by atoms with E-state index in [1.165, 1.54) is 0 Å². The van der Waals surface area contributed by atoms with Gasteiger partial charge in [0.2, 0.25) is 5.76 Å². The Morgan fingerprint density at radius 1 is 1.03 bits per heavy atom. The molecule has 3 heterocycles. The van der Waals surface area contributed by atoms with Gasteiger partial charge < -0.3 is 23.3 Å². The molecular weight excluding hydrogens is 410 g/mol. The van der Waals surface area contributed by atoms with Crippen molar-refractivity contribution in [3.8, 4) is 46.0 Å². The number of benzene rings is 2. The van der Waals surface area contributed by atoms with Crippen LogP contribution in [0.2, 0.25) is 0 Å². The summed E-state index contributed by atoms with van der Waals surface area (Å²) in [6.07, 6.45) is 0. The zero-order chi connectivity index (χ0) is 21.9. The second-order valence-electron chi connectivity index (χ2n) is 7.11. The maximum Gasteiger partial charge on any atom is 0.255 e. The lowest BCUT2D eigenvalue weighted by Crippen LogP contribution is -2.36. The number of methoxy groups -OCH3 is 1. The molecule has 1 aliphatic heterocycles. The van der Waals surface area contributed by atoms with Gasteiger partial charge in [-0.2, -0.15) is 5.26 Å². The fraction of sp³-hybridized carbons (Fsp3) is 0.217. The van der Waals surface area contributed by atoms with Gasteiger partial charge in [0.05, 0.1) is 25.9 Å². The Kier molecular flexibility index (Phi) is 5.27. The minimum Gasteiger partial charge on any atom is -0.496 e. The lowest BCUT2D eigenvalue weighted by atomic mass is 10.1. The van der Waals surface area contributed by atoms with Gasteiger partial charge in [0.25, 0.3) is 11.8 Å². The SMILES string of the molecule is COc1cc(N2CCOCC2)ccc1-c1nnc(-c2c(-c3ccccc3)noc2C#N)o1. The zero-order valence-corrected chi connectivity index (χ0v) is 17.3. The number of hydrogen-bond acceptors (Lipinski definition) is 9. The Morgan fingerprint density at radius 3 is 2.56 bits per heavy atom. The second-order valence-corrected chi connectivity index (χ2v) is 7.11. The van der Waals surface area contributed by atoms with Crippen LogP contribution in [0.25, 0.3) is 34.2 Å². The predicted molar refractivity (Wildman–Crippen MR) is 115 cm³/mol. The van der Waals surface area contributed by atoms with Crippen molar-refractivity contribution in [2.24, 2.45) is 0 Å². The van der Waals surface area contributed by atoms with Crippen molar-refractivity contribution < 1.29 is 18.4 Å². The summed E-state index contributed by atoms with van der Waals surface area (Å²) in [5, 5.41) is 21.9. The molecule has 9 nitrogen and oxygen atoms in total. The van der Waals surface area contributed by atoms with Gasteiger partial charge in [-0.1, -0.05) is 35.5 Å². The van der Waals surface area contributed by atoms with Crippen LogP contribution in [-0.2, 0) is 4.74 Å². The first-order valence-corrected chi connectivity index (χ1v) is 10.1. The monoisotopic (exact) mass is 429 g/mol. The summed E-state index contributed by atoms with van der Waals surface area (Å²) in [7, 11) is 1.60. The average molecular weight is 429 g/mol. The molecule has 2 aromatic heterocycles. The topological polar surface area (TPSA) is 110 Å². The first kappa shape index (κ1) is 19.8. The highest BCUT2D eigenvalue weighted by Gasteiger charge is 2.25. The Hall–Kier alpha value is -4.16. The Bertz CT molecular complexity index is 1270. The summed E-state index contributed by atoms with van der Waals surface area (Å²) in [4.78, 5) is 2.23. The molecule has 0 bridgehead atoms. The van der Waals surface area contributed by atoms with Crippen molar-refractivity contribution >= 4 is 5.69 Å². The standard InChI is InChI=1S/C23H19N5O4/c1-29-18-13-16(28-9-11-30-12-10-28)7-8-17(18)22-25-26-23(31-22)20-19(14-24)32-27-21(20)15-5-3-2-4-6-15/h2-8,13H,9-12H2,1H3. The zero-order valence-electron chi connectivity index (χ0n) is 17.3. The molecule has 1 saturated heterocycles. The van der Waals surface area contributed by atoms with E-state index in [1.54, 1.807) is 7.11 Å². The van der Waals surface area contributed by atoms with Gasteiger partial charge in [-0.25, -0.2) is 0 Å². The van der Waals surface area contributed by atoms with E-state index in [0.29, 0.717) is 35.8 Å². The van der Waals surface area contributed by atoms with Crippen molar-refractivity contribution in [2.45, 2.75) is 0 Å². The van der Waals surface area contributed by atoms with Gasteiger partial charge >= 0.3 is 0 Å². The van der Waals surface area contributed by atoms with Crippen LogP contribution in [0.4, 0.5) is 5.69 Å². The van der Waals surface area contributed by atoms with Crippen molar-refractivity contribution in [3.63, 3.8) is 0 Å². The van der Waals surface area contributed by atoms with Crippen LogP contribution >= 0.6 is 0 Å². The van der Waals surface area contributed by atoms with Gasteiger partial charge in [-0.15, -0.1) is 10.2 Å². The van der Waals surface area contributed by atoms with Crippen LogP contribution in [0.5, 0.6) is 5.75 Å². The summed E-state index contributed by atoms with van der Waals surface area (Å²) >= 11 is 0. The van der Waals surface area contributed by atoms with E-state index < -0.39 is 0 Å². The van der Waals surface area contributed by atoms with Crippen LogP contribution in [0.1, 0.15) is 5.76 Å². The van der Waals surface area contributed by atoms with Crippen LogP contribution in [0.3, 0.4) is 0 Å². The van der Waals surface area contributed by atoms with Crippen molar-refractivity contribution in [1.29, 1.82) is 5.26 Å². The van der Waals surface area contributed by atoms with Gasteiger partial charge in [0.15, 0.2) is 0 Å². The Balaban J connectivity index is 1.52. The highest BCUT2D eigenvalue weighted by atomic mass is 16.5. The number of aromatic nitrogens is 3. The molecule has 0 spiro atoms. The maximum absolute atomic E-state index is 9.49. The largest absolute Gasteiger partial charge is 0.496 e. The second kappa shape index (κ2) is 8.53. The van der Waals surface area contributed by atoms with E-state index in [4.69, 9.17) is 18.4 Å². The fourth-order valence-corrected chi connectivity index (χ4v) is 3.67. The van der Waals surface area contributed by atoms with Crippen LogP contribution in [-0.4, -0.2) is 48.8 Å². The Labute approximate surface area is 183 Å². The van der Waals surface area contributed by atoms with Gasteiger partial charge in [0, 0.05) is 30.4 Å². The fourth-order valence-electron chi connectivity index (χ4n) is 3.67. The van der Waals surface area contributed by atoms with Crippen molar-refractivity contribution in [3.05, 3.63) is 54.3 Å². The number of hydrogen-bond donors (Lipinski definition) is 0. The normalized spacial score (nSPS) is 13.7. The van der Waals surface area contributed by atoms with Crippen molar-refractivity contribution in [2.75, 3.05) is 38.3 Å². The third-order valence-corrected chi connectivity index (χ3v) is 5.27. The molecule has 0 saturated carbocycles. The molecule has 2 aromatic carbocycles. The number of ether oxygens (including phenoxy) is 2. The summed E-state index contributed by atoms with van der Waals surface area (Å²) < 4.78 is 22.2. The van der Waals surface area contributed by atoms with Crippen LogP contribution in [0, 0.1) is 11.3 Å². The lowest BCUT2D eigenvalue weighted by Gasteiger charge is -2.29. The van der Waals surface area contributed by atoms with E-state index in [9.17, 15) is 5.26 Å². The summed E-state index contributed by atoms with van der Waals surface area (Å²) in [6.45, 7) is 3.03. The number of nitrogens with zero attached hydrogens (tertiary/aromatic N) is 5. The molecular formula is C23H19N5O4. The lowest BCUT2D eigenvalue weighted by molar-refractivity contribution is 0.122. The predicted octanol–water partition coefficient (Wildman–Crippen LogP) is 3.78. The van der Waals surface area contributed by atoms with Crippen LogP contribution in [0.15, 0.2) is 57.5 Å². The van der Waals surface area contributed by atoms with E-state index in [-0.39, 0.29) is 17.5 Å². The highest BCUT2D eigenvalue weighted by molar-refractivity contribution is 5.80. The minimum absolute atomic E-state index is 0.00804.